The summed E-state index contributed by atoms with van der Waals surface area (Å²) in [7, 11) is 1.60. The Labute approximate surface area is 109 Å². The van der Waals surface area contributed by atoms with E-state index in [0.29, 0.717) is 18.7 Å². The number of ether oxygens (including phenoxy) is 1. The first-order chi connectivity index (χ1) is 8.01. The fourth-order valence-electron chi connectivity index (χ4n) is 1.11. The van der Waals surface area contributed by atoms with Crippen molar-refractivity contribution in [3.8, 4) is 0 Å². The minimum atomic E-state index is -0.167. The number of carbonyl (C=O) groups excluding carboxylic acids is 1. The van der Waals surface area contributed by atoms with Crippen LogP contribution in [-0.2, 0) is 9.53 Å². The predicted molar refractivity (Wildman–Crippen MR) is 66.4 cm³/mol. The van der Waals surface area contributed by atoms with Crippen LogP contribution >= 0.6 is 23.2 Å². The lowest BCUT2D eigenvalue weighted by Gasteiger charge is -2.09. The number of nitrogens with zero attached hydrogens (tertiary/aromatic N) is 2. The zero-order chi connectivity index (χ0) is 12.8. The van der Waals surface area contributed by atoms with Gasteiger partial charge in [-0.2, -0.15) is 0 Å². The summed E-state index contributed by atoms with van der Waals surface area (Å²) in [6.45, 7) is 1.89. The highest BCUT2D eigenvalue weighted by Gasteiger charge is 2.08. The summed E-state index contributed by atoms with van der Waals surface area (Å²) in [5, 5.41) is 2.77. The van der Waals surface area contributed by atoms with Crippen molar-refractivity contribution < 1.29 is 9.53 Å². The van der Waals surface area contributed by atoms with Crippen LogP contribution in [0.2, 0.25) is 10.4 Å². The molecule has 94 valence electrons. The van der Waals surface area contributed by atoms with Gasteiger partial charge in [-0.3, -0.25) is 4.79 Å². The van der Waals surface area contributed by atoms with Gasteiger partial charge in [0.1, 0.15) is 11.0 Å². The summed E-state index contributed by atoms with van der Waals surface area (Å²) in [5.74, 6) is 0.129. The smallest absolute Gasteiger partial charge is 0.225 e. The molecule has 0 saturated heterocycles. The lowest BCUT2D eigenvalue weighted by molar-refractivity contribution is -0.116. The number of methoxy groups -OCH3 is 1. The molecule has 0 aromatic carbocycles. The van der Waals surface area contributed by atoms with Gasteiger partial charge in [-0.25, -0.2) is 9.97 Å². The number of rotatable bonds is 5. The highest BCUT2D eigenvalue weighted by molar-refractivity contribution is 6.32. The average Bonchev–Trinajstić information content (AvgIpc) is 2.24. The minimum absolute atomic E-state index is 0.00180. The fraction of sp³-hybridized carbons (Fsp3) is 0.500. The second kappa shape index (κ2) is 6.74. The molecule has 1 amide bonds. The number of anilines is 1. The molecule has 17 heavy (non-hydrogen) atoms. The van der Waals surface area contributed by atoms with E-state index in [1.807, 2.05) is 6.92 Å². The van der Waals surface area contributed by atoms with Crippen LogP contribution in [0.5, 0.6) is 0 Å². The maximum absolute atomic E-state index is 11.5. The topological polar surface area (TPSA) is 64.1 Å². The van der Waals surface area contributed by atoms with Crippen molar-refractivity contribution >= 4 is 34.9 Å². The number of halogens is 2. The van der Waals surface area contributed by atoms with E-state index in [4.69, 9.17) is 27.9 Å². The van der Waals surface area contributed by atoms with Crippen LogP contribution in [0.3, 0.4) is 0 Å². The highest BCUT2D eigenvalue weighted by Crippen LogP contribution is 2.14. The fourth-order valence-corrected chi connectivity index (χ4v) is 1.52. The molecule has 7 heteroatoms. The van der Waals surface area contributed by atoms with Gasteiger partial charge in [-0.1, -0.05) is 11.6 Å². The van der Waals surface area contributed by atoms with Crippen molar-refractivity contribution in [1.29, 1.82) is 0 Å². The molecule has 5 nitrogen and oxygen atoms in total. The Hall–Kier alpha value is -0.910. The van der Waals surface area contributed by atoms with Gasteiger partial charge in [-0.05, 0) is 24.9 Å². The first kappa shape index (κ1) is 14.2. The second-order valence-electron chi connectivity index (χ2n) is 3.48. The van der Waals surface area contributed by atoms with E-state index in [2.05, 4.69) is 15.3 Å². The van der Waals surface area contributed by atoms with Gasteiger partial charge in [0, 0.05) is 19.6 Å². The van der Waals surface area contributed by atoms with Gasteiger partial charge < -0.3 is 10.1 Å². The Kier molecular flexibility index (Phi) is 5.61. The molecule has 1 aromatic rings. The van der Waals surface area contributed by atoms with E-state index in [1.54, 1.807) is 7.11 Å². The van der Waals surface area contributed by atoms with Crippen LogP contribution in [0.25, 0.3) is 0 Å². The molecule has 1 atom stereocenters. The van der Waals surface area contributed by atoms with Crippen molar-refractivity contribution in [3.63, 3.8) is 0 Å². The lowest BCUT2D eigenvalue weighted by Crippen LogP contribution is -2.16. The third kappa shape index (κ3) is 5.30. The normalized spacial score (nSPS) is 12.2. The second-order valence-corrected chi connectivity index (χ2v) is 4.20. The summed E-state index contributed by atoms with van der Waals surface area (Å²) in [4.78, 5) is 19.0. The molecule has 0 saturated carbocycles. The van der Waals surface area contributed by atoms with Gasteiger partial charge in [0.25, 0.3) is 0 Å². The van der Waals surface area contributed by atoms with E-state index >= 15 is 0 Å². The van der Waals surface area contributed by atoms with Crippen LogP contribution in [-0.4, -0.2) is 29.1 Å². The zero-order valence-electron chi connectivity index (χ0n) is 9.54. The van der Waals surface area contributed by atoms with Gasteiger partial charge in [0.15, 0.2) is 0 Å². The van der Waals surface area contributed by atoms with Crippen molar-refractivity contribution in [2.45, 2.75) is 25.9 Å². The van der Waals surface area contributed by atoms with Crippen molar-refractivity contribution in [1.82, 2.24) is 9.97 Å². The molecule has 1 unspecified atom stereocenters. The van der Waals surface area contributed by atoms with Crippen LogP contribution in [0.4, 0.5) is 5.82 Å². The highest BCUT2D eigenvalue weighted by atomic mass is 35.5. The Morgan fingerprint density at radius 2 is 2.24 bits per heavy atom. The van der Waals surface area contributed by atoms with Crippen LogP contribution < -0.4 is 5.32 Å². The number of hydrogen-bond acceptors (Lipinski definition) is 4. The standard InChI is InChI=1S/C10H13Cl2N3O2/c1-6(17-2)3-4-9(16)14-8-5-7(11)13-10(12)15-8/h5-6H,3-4H2,1-2H3,(H,13,14,15,16). The molecule has 1 N–H and O–H groups in total. The number of nitrogens with one attached hydrogen (secondary N) is 1. The van der Waals surface area contributed by atoms with E-state index < -0.39 is 0 Å². The van der Waals surface area contributed by atoms with Gasteiger partial charge in [0.2, 0.25) is 11.2 Å². The number of aromatic nitrogens is 2. The lowest BCUT2D eigenvalue weighted by atomic mass is 10.2. The molecule has 1 rings (SSSR count). The maximum atomic E-state index is 11.5. The number of hydrogen-bond donors (Lipinski definition) is 1. The Morgan fingerprint density at radius 1 is 1.53 bits per heavy atom. The third-order valence-corrected chi connectivity index (χ3v) is 2.48. The van der Waals surface area contributed by atoms with Crippen molar-refractivity contribution in [2.75, 3.05) is 12.4 Å². The maximum Gasteiger partial charge on any atom is 0.225 e. The van der Waals surface area contributed by atoms with Crippen LogP contribution in [0, 0.1) is 0 Å². The first-order valence-corrected chi connectivity index (χ1v) is 5.79. The number of amides is 1. The Bertz CT molecular complexity index is 381. The molecule has 0 aliphatic heterocycles. The van der Waals surface area contributed by atoms with Gasteiger partial charge in [0.05, 0.1) is 6.10 Å². The molecule has 0 fully saturated rings. The van der Waals surface area contributed by atoms with E-state index in [-0.39, 0.29) is 22.4 Å². The van der Waals surface area contributed by atoms with Crippen molar-refractivity contribution in [3.05, 3.63) is 16.5 Å². The summed E-state index contributed by atoms with van der Waals surface area (Å²) in [6, 6.07) is 1.44. The molecular weight excluding hydrogens is 265 g/mol. The Morgan fingerprint density at radius 3 is 2.82 bits per heavy atom. The molecular formula is C10H13Cl2N3O2. The predicted octanol–water partition coefficient (Wildman–Crippen LogP) is 2.54. The SMILES string of the molecule is COC(C)CCC(=O)Nc1cc(Cl)nc(Cl)n1. The molecule has 0 radical (unpaired) electrons. The first-order valence-electron chi connectivity index (χ1n) is 5.04. The van der Waals surface area contributed by atoms with E-state index in [0.717, 1.165) is 0 Å². The third-order valence-electron chi connectivity index (χ3n) is 2.12. The van der Waals surface area contributed by atoms with E-state index in [1.165, 1.54) is 6.07 Å². The largest absolute Gasteiger partial charge is 0.382 e. The van der Waals surface area contributed by atoms with E-state index in [9.17, 15) is 4.79 Å². The van der Waals surface area contributed by atoms with Crippen molar-refractivity contribution in [2.24, 2.45) is 0 Å². The quantitative estimate of drug-likeness (QED) is 0.664. The monoisotopic (exact) mass is 277 g/mol. The van der Waals surface area contributed by atoms with Gasteiger partial charge >= 0.3 is 0 Å². The van der Waals surface area contributed by atoms with Crippen LogP contribution in [0.1, 0.15) is 19.8 Å². The molecule has 1 heterocycles. The molecule has 0 bridgehead atoms. The summed E-state index contributed by atoms with van der Waals surface area (Å²) in [6.07, 6.45) is 1.02. The minimum Gasteiger partial charge on any atom is -0.382 e. The average molecular weight is 278 g/mol. The Balaban J connectivity index is 2.50. The molecule has 0 spiro atoms. The zero-order valence-corrected chi connectivity index (χ0v) is 11.0. The molecule has 0 aliphatic rings. The summed E-state index contributed by atoms with van der Waals surface area (Å²) < 4.78 is 5.04. The molecule has 0 aliphatic carbocycles. The summed E-state index contributed by atoms with van der Waals surface area (Å²) >= 11 is 11.3. The number of carbonyl (C=O) groups is 1. The van der Waals surface area contributed by atoms with Crippen LogP contribution in [0.15, 0.2) is 6.07 Å². The molecule has 1 aromatic heterocycles. The van der Waals surface area contributed by atoms with Gasteiger partial charge in [-0.15, -0.1) is 0 Å². The summed E-state index contributed by atoms with van der Waals surface area (Å²) in [5.41, 5.74) is 0.